The van der Waals surface area contributed by atoms with E-state index in [0.29, 0.717) is 19.0 Å². The van der Waals surface area contributed by atoms with Gasteiger partial charge in [-0.1, -0.05) is 0 Å². The highest BCUT2D eigenvalue weighted by Gasteiger charge is 2.20. The molecule has 1 N–H and O–H groups in total. The van der Waals surface area contributed by atoms with Gasteiger partial charge in [0, 0.05) is 31.0 Å². The van der Waals surface area contributed by atoms with Crippen molar-refractivity contribution in [2.24, 2.45) is 0 Å². The summed E-state index contributed by atoms with van der Waals surface area (Å²) in [6, 6.07) is 3.00. The number of hydrogen-bond acceptors (Lipinski definition) is 2. The molecule has 2 rings (SSSR count). The van der Waals surface area contributed by atoms with Crippen molar-refractivity contribution in [3.63, 3.8) is 0 Å². The zero-order valence-corrected chi connectivity index (χ0v) is 11.4. The molecule has 2 nitrogen and oxygen atoms in total. The van der Waals surface area contributed by atoms with Gasteiger partial charge in [-0.2, -0.15) is 0 Å². The summed E-state index contributed by atoms with van der Waals surface area (Å²) < 4.78 is 27.2. The molecular weight excluding hydrogens is 304 g/mol. The Hall–Kier alpha value is -0.810. The van der Waals surface area contributed by atoms with Gasteiger partial charge in [-0.05, 0) is 40.9 Å². The van der Waals surface area contributed by atoms with E-state index in [1.807, 2.05) is 0 Å². The SMILES string of the molecule is O=C(CCNC1CC1)Cc1c(F)ccc(Br)c1F. The van der Waals surface area contributed by atoms with Crippen molar-refractivity contribution in [1.82, 2.24) is 5.32 Å². The van der Waals surface area contributed by atoms with Gasteiger partial charge in [0.25, 0.3) is 0 Å². The topological polar surface area (TPSA) is 29.1 Å². The van der Waals surface area contributed by atoms with E-state index in [2.05, 4.69) is 21.2 Å². The van der Waals surface area contributed by atoms with E-state index in [0.717, 1.165) is 18.9 Å². The first-order valence-electron chi connectivity index (χ1n) is 5.95. The normalized spacial score (nSPS) is 14.8. The highest BCUT2D eigenvalue weighted by molar-refractivity contribution is 9.10. The summed E-state index contributed by atoms with van der Waals surface area (Å²) in [6.45, 7) is 0.584. The Bertz CT molecular complexity index is 461. The molecule has 5 heteroatoms. The van der Waals surface area contributed by atoms with E-state index >= 15 is 0 Å². The fourth-order valence-electron chi connectivity index (χ4n) is 1.72. The highest BCUT2D eigenvalue weighted by Crippen LogP contribution is 2.22. The number of Topliss-reactive ketones (excluding diaryl/α,β-unsaturated/α-hetero) is 1. The maximum atomic E-state index is 13.6. The largest absolute Gasteiger partial charge is 0.314 e. The van der Waals surface area contributed by atoms with Gasteiger partial charge in [0.05, 0.1) is 4.47 Å². The second-order valence-electron chi connectivity index (χ2n) is 4.52. The van der Waals surface area contributed by atoms with Crippen LogP contribution in [0.1, 0.15) is 24.8 Å². The van der Waals surface area contributed by atoms with Crippen molar-refractivity contribution >= 4 is 21.7 Å². The Kier molecular flexibility index (Phi) is 4.45. The van der Waals surface area contributed by atoms with Gasteiger partial charge in [-0.3, -0.25) is 4.79 Å². The van der Waals surface area contributed by atoms with Gasteiger partial charge >= 0.3 is 0 Å². The molecule has 1 aliphatic carbocycles. The lowest BCUT2D eigenvalue weighted by molar-refractivity contribution is -0.118. The van der Waals surface area contributed by atoms with E-state index in [-0.39, 0.29) is 22.2 Å². The number of benzene rings is 1. The fraction of sp³-hybridized carbons (Fsp3) is 0.462. The molecule has 0 bridgehead atoms. The fourth-order valence-corrected chi connectivity index (χ4v) is 2.09. The maximum Gasteiger partial charge on any atom is 0.143 e. The van der Waals surface area contributed by atoms with Crippen molar-refractivity contribution in [2.45, 2.75) is 31.7 Å². The number of carbonyl (C=O) groups is 1. The Labute approximate surface area is 113 Å². The summed E-state index contributed by atoms with van der Waals surface area (Å²) in [6.07, 6.45) is 2.43. The minimum Gasteiger partial charge on any atom is -0.314 e. The summed E-state index contributed by atoms with van der Waals surface area (Å²) in [5, 5.41) is 3.20. The number of rotatable bonds is 6. The molecular formula is C13H14BrF2NO. The standard InChI is InChI=1S/C13H14BrF2NO/c14-11-3-4-12(15)10(13(11)16)7-9(18)5-6-17-8-1-2-8/h3-4,8,17H,1-2,5-7H2. The van der Waals surface area contributed by atoms with Crippen LogP contribution in [0.5, 0.6) is 0 Å². The van der Waals surface area contributed by atoms with Crippen molar-refractivity contribution in [2.75, 3.05) is 6.54 Å². The summed E-state index contributed by atoms with van der Waals surface area (Å²) in [5.74, 6) is -1.50. The van der Waals surface area contributed by atoms with Crippen LogP contribution >= 0.6 is 15.9 Å². The molecule has 0 saturated heterocycles. The van der Waals surface area contributed by atoms with Crippen LogP contribution in [0.4, 0.5) is 8.78 Å². The Morgan fingerprint density at radius 1 is 1.39 bits per heavy atom. The minimum absolute atomic E-state index is 0.152. The molecule has 0 heterocycles. The maximum absolute atomic E-state index is 13.6. The average Bonchev–Trinajstić information content (AvgIpc) is 3.14. The van der Waals surface area contributed by atoms with E-state index < -0.39 is 11.6 Å². The molecule has 1 aliphatic rings. The average molecular weight is 318 g/mol. The van der Waals surface area contributed by atoms with Crippen LogP contribution in [-0.2, 0) is 11.2 Å². The Balaban J connectivity index is 1.91. The van der Waals surface area contributed by atoms with Gasteiger partial charge in [0.15, 0.2) is 0 Å². The quantitative estimate of drug-likeness (QED) is 0.817. The zero-order chi connectivity index (χ0) is 13.1. The van der Waals surface area contributed by atoms with Crippen LogP contribution in [0.3, 0.4) is 0 Å². The number of ketones is 1. The summed E-state index contributed by atoms with van der Waals surface area (Å²) in [5.41, 5.74) is -0.152. The molecule has 0 radical (unpaired) electrons. The van der Waals surface area contributed by atoms with Crippen molar-refractivity contribution in [3.05, 3.63) is 33.8 Å². The lowest BCUT2D eigenvalue weighted by atomic mass is 10.1. The van der Waals surface area contributed by atoms with Crippen LogP contribution < -0.4 is 5.32 Å². The van der Waals surface area contributed by atoms with Crippen LogP contribution in [0.25, 0.3) is 0 Å². The molecule has 1 aromatic rings. The lowest BCUT2D eigenvalue weighted by Crippen LogP contribution is -2.21. The number of hydrogen-bond donors (Lipinski definition) is 1. The molecule has 0 aromatic heterocycles. The number of nitrogens with one attached hydrogen (secondary N) is 1. The third-order valence-corrected chi connectivity index (χ3v) is 3.54. The third-order valence-electron chi connectivity index (χ3n) is 2.93. The molecule has 18 heavy (non-hydrogen) atoms. The van der Waals surface area contributed by atoms with Gasteiger partial charge in [-0.25, -0.2) is 8.78 Å². The Morgan fingerprint density at radius 3 is 2.78 bits per heavy atom. The highest BCUT2D eigenvalue weighted by atomic mass is 79.9. The predicted octanol–water partition coefficient (Wildman–Crippen LogP) is 2.98. The van der Waals surface area contributed by atoms with Crippen LogP contribution in [-0.4, -0.2) is 18.4 Å². The first-order valence-corrected chi connectivity index (χ1v) is 6.74. The zero-order valence-electron chi connectivity index (χ0n) is 9.81. The monoisotopic (exact) mass is 317 g/mol. The summed E-state index contributed by atoms with van der Waals surface area (Å²) in [7, 11) is 0. The Morgan fingerprint density at radius 2 is 2.11 bits per heavy atom. The van der Waals surface area contributed by atoms with Gasteiger partial charge in [0.1, 0.15) is 17.4 Å². The summed E-state index contributed by atoms with van der Waals surface area (Å²) >= 11 is 2.98. The van der Waals surface area contributed by atoms with Crippen molar-refractivity contribution < 1.29 is 13.6 Å². The predicted molar refractivity (Wildman–Crippen MR) is 68.4 cm³/mol. The smallest absolute Gasteiger partial charge is 0.143 e. The molecule has 0 atom stereocenters. The second kappa shape index (κ2) is 5.89. The lowest BCUT2D eigenvalue weighted by Gasteiger charge is -2.06. The van der Waals surface area contributed by atoms with E-state index in [9.17, 15) is 13.6 Å². The van der Waals surface area contributed by atoms with Crippen LogP contribution in [0, 0.1) is 11.6 Å². The van der Waals surface area contributed by atoms with E-state index in [1.165, 1.54) is 6.07 Å². The van der Waals surface area contributed by atoms with Crippen molar-refractivity contribution in [1.29, 1.82) is 0 Å². The van der Waals surface area contributed by atoms with Gasteiger partial charge in [-0.15, -0.1) is 0 Å². The second-order valence-corrected chi connectivity index (χ2v) is 5.37. The molecule has 1 saturated carbocycles. The van der Waals surface area contributed by atoms with Crippen LogP contribution in [0.15, 0.2) is 16.6 Å². The molecule has 0 spiro atoms. The first kappa shape index (κ1) is 13.6. The van der Waals surface area contributed by atoms with Gasteiger partial charge in [0.2, 0.25) is 0 Å². The van der Waals surface area contributed by atoms with E-state index in [4.69, 9.17) is 0 Å². The molecule has 0 aliphatic heterocycles. The third kappa shape index (κ3) is 3.59. The number of halogens is 3. The summed E-state index contributed by atoms with van der Waals surface area (Å²) in [4.78, 5) is 11.6. The molecule has 1 aromatic carbocycles. The molecule has 0 amide bonds. The van der Waals surface area contributed by atoms with Gasteiger partial charge < -0.3 is 5.32 Å². The minimum atomic E-state index is -0.682. The van der Waals surface area contributed by atoms with Crippen molar-refractivity contribution in [3.8, 4) is 0 Å². The molecule has 0 unspecified atom stereocenters. The molecule has 98 valence electrons. The molecule has 1 fully saturated rings. The number of carbonyl (C=O) groups excluding carboxylic acids is 1. The van der Waals surface area contributed by atoms with E-state index in [1.54, 1.807) is 0 Å². The first-order chi connectivity index (χ1) is 8.58. The van der Waals surface area contributed by atoms with Crippen LogP contribution in [0.2, 0.25) is 0 Å².